The third kappa shape index (κ3) is 4.10. The normalized spacial score (nSPS) is 22.5. The van der Waals surface area contributed by atoms with Crippen LogP contribution in [0.4, 0.5) is 0 Å². The van der Waals surface area contributed by atoms with E-state index in [4.69, 9.17) is 5.73 Å². The Balaban J connectivity index is 1.98. The second-order valence-corrected chi connectivity index (χ2v) is 4.41. The largest absolute Gasteiger partial charge is 0.328 e. The Morgan fingerprint density at radius 3 is 2.50 bits per heavy atom. The van der Waals surface area contributed by atoms with E-state index in [2.05, 4.69) is 6.92 Å². The Morgan fingerprint density at radius 1 is 1.25 bits per heavy atom. The van der Waals surface area contributed by atoms with Crippen molar-refractivity contribution in [2.75, 3.05) is 0 Å². The van der Waals surface area contributed by atoms with E-state index in [0.29, 0.717) is 6.04 Å². The van der Waals surface area contributed by atoms with Crippen LogP contribution in [-0.4, -0.2) is 6.04 Å². The summed E-state index contributed by atoms with van der Waals surface area (Å²) in [5.74, 6) is 1.04. The monoisotopic (exact) mass is 169 g/mol. The molecule has 1 rings (SSSR count). The van der Waals surface area contributed by atoms with Gasteiger partial charge in [-0.05, 0) is 19.3 Å². The van der Waals surface area contributed by atoms with Crippen LogP contribution in [0, 0.1) is 5.92 Å². The van der Waals surface area contributed by atoms with Crippen LogP contribution in [0.25, 0.3) is 0 Å². The van der Waals surface area contributed by atoms with Gasteiger partial charge in [-0.25, -0.2) is 0 Å². The minimum absolute atomic E-state index is 0.411. The molecule has 0 saturated heterocycles. The molecule has 72 valence electrons. The highest BCUT2D eigenvalue weighted by Gasteiger charge is 2.12. The standard InChI is InChI=1S/C11H23N/c1-10(12)6-5-9-11-7-3-2-4-8-11/h10-11H,2-9,12H2,1H3/t10-/m1/s1. The lowest BCUT2D eigenvalue weighted by molar-refractivity contribution is 0.327. The van der Waals surface area contributed by atoms with Gasteiger partial charge in [0.15, 0.2) is 0 Å². The molecule has 0 aromatic carbocycles. The molecule has 0 aromatic rings. The number of hydrogen-bond acceptors (Lipinski definition) is 1. The fourth-order valence-corrected chi connectivity index (χ4v) is 2.20. The molecule has 1 atom stereocenters. The molecule has 0 aromatic heterocycles. The lowest BCUT2D eigenvalue weighted by atomic mass is 9.85. The second-order valence-electron chi connectivity index (χ2n) is 4.41. The maximum atomic E-state index is 5.71. The first-order chi connectivity index (χ1) is 5.79. The van der Waals surface area contributed by atoms with Crippen molar-refractivity contribution in [2.24, 2.45) is 11.7 Å². The minimum atomic E-state index is 0.411. The van der Waals surface area contributed by atoms with E-state index in [-0.39, 0.29) is 0 Å². The van der Waals surface area contributed by atoms with Crippen molar-refractivity contribution in [3.8, 4) is 0 Å². The predicted octanol–water partition coefficient (Wildman–Crippen LogP) is 3.08. The fourth-order valence-electron chi connectivity index (χ4n) is 2.20. The summed E-state index contributed by atoms with van der Waals surface area (Å²) in [5.41, 5.74) is 5.71. The summed E-state index contributed by atoms with van der Waals surface area (Å²) >= 11 is 0. The van der Waals surface area contributed by atoms with E-state index in [1.54, 1.807) is 0 Å². The Kier molecular flexibility index (Phi) is 4.67. The van der Waals surface area contributed by atoms with Crippen LogP contribution in [0.3, 0.4) is 0 Å². The lowest BCUT2D eigenvalue weighted by Gasteiger charge is -2.21. The van der Waals surface area contributed by atoms with Gasteiger partial charge >= 0.3 is 0 Å². The molecule has 0 unspecified atom stereocenters. The van der Waals surface area contributed by atoms with Crippen molar-refractivity contribution in [3.05, 3.63) is 0 Å². The van der Waals surface area contributed by atoms with Gasteiger partial charge in [0.1, 0.15) is 0 Å². The van der Waals surface area contributed by atoms with Crippen LogP contribution in [0.2, 0.25) is 0 Å². The molecule has 1 fully saturated rings. The van der Waals surface area contributed by atoms with Crippen molar-refractivity contribution in [3.63, 3.8) is 0 Å². The van der Waals surface area contributed by atoms with Crippen molar-refractivity contribution < 1.29 is 0 Å². The summed E-state index contributed by atoms with van der Waals surface area (Å²) in [7, 11) is 0. The second kappa shape index (κ2) is 5.58. The van der Waals surface area contributed by atoms with Gasteiger partial charge in [0.25, 0.3) is 0 Å². The van der Waals surface area contributed by atoms with Gasteiger partial charge in [-0.1, -0.05) is 44.9 Å². The van der Waals surface area contributed by atoms with Gasteiger partial charge in [0.05, 0.1) is 0 Å². The minimum Gasteiger partial charge on any atom is -0.328 e. The molecule has 0 heterocycles. The molecular weight excluding hydrogens is 146 g/mol. The Morgan fingerprint density at radius 2 is 1.92 bits per heavy atom. The highest BCUT2D eigenvalue weighted by atomic mass is 14.6. The van der Waals surface area contributed by atoms with E-state index in [1.165, 1.54) is 51.4 Å². The molecule has 0 radical (unpaired) electrons. The first-order valence-electron chi connectivity index (χ1n) is 5.54. The highest BCUT2D eigenvalue weighted by Crippen LogP contribution is 2.27. The zero-order valence-corrected chi connectivity index (χ0v) is 8.39. The molecule has 1 aliphatic rings. The fraction of sp³-hybridized carbons (Fsp3) is 1.00. The Bertz CT molecular complexity index is 104. The van der Waals surface area contributed by atoms with Crippen LogP contribution in [-0.2, 0) is 0 Å². The number of hydrogen-bond donors (Lipinski definition) is 1. The van der Waals surface area contributed by atoms with Crippen LogP contribution in [0.1, 0.15) is 58.3 Å². The maximum absolute atomic E-state index is 5.71. The molecule has 1 saturated carbocycles. The van der Waals surface area contributed by atoms with Crippen LogP contribution in [0.5, 0.6) is 0 Å². The van der Waals surface area contributed by atoms with Gasteiger partial charge in [-0.2, -0.15) is 0 Å². The first kappa shape index (κ1) is 10.0. The highest BCUT2D eigenvalue weighted by molar-refractivity contribution is 4.66. The third-order valence-corrected chi connectivity index (χ3v) is 3.00. The molecule has 2 N–H and O–H groups in total. The van der Waals surface area contributed by atoms with Gasteiger partial charge in [-0.15, -0.1) is 0 Å². The smallest absolute Gasteiger partial charge is 0.00104 e. The van der Waals surface area contributed by atoms with E-state index in [1.807, 2.05) is 0 Å². The molecule has 1 nitrogen and oxygen atoms in total. The van der Waals surface area contributed by atoms with Crippen molar-refractivity contribution in [1.29, 1.82) is 0 Å². The van der Waals surface area contributed by atoms with Crippen molar-refractivity contribution in [1.82, 2.24) is 0 Å². The number of rotatable bonds is 4. The van der Waals surface area contributed by atoms with Crippen molar-refractivity contribution >= 4 is 0 Å². The predicted molar refractivity (Wildman–Crippen MR) is 54.1 cm³/mol. The summed E-state index contributed by atoms with van der Waals surface area (Å²) in [6.07, 6.45) is 11.4. The zero-order chi connectivity index (χ0) is 8.81. The molecule has 0 bridgehead atoms. The van der Waals surface area contributed by atoms with Crippen molar-refractivity contribution in [2.45, 2.75) is 64.3 Å². The van der Waals surface area contributed by atoms with E-state index < -0.39 is 0 Å². The quantitative estimate of drug-likeness (QED) is 0.687. The SMILES string of the molecule is C[C@@H](N)CCCC1CCCCC1. The van der Waals surface area contributed by atoms with Gasteiger partial charge < -0.3 is 5.73 Å². The third-order valence-electron chi connectivity index (χ3n) is 3.00. The van der Waals surface area contributed by atoms with Gasteiger partial charge in [-0.3, -0.25) is 0 Å². The van der Waals surface area contributed by atoms with Crippen LogP contribution in [0.15, 0.2) is 0 Å². The molecule has 0 amide bonds. The summed E-state index contributed by atoms with van der Waals surface area (Å²) < 4.78 is 0. The van der Waals surface area contributed by atoms with Gasteiger partial charge in [0.2, 0.25) is 0 Å². The summed E-state index contributed by atoms with van der Waals surface area (Å²) in [5, 5.41) is 0. The maximum Gasteiger partial charge on any atom is 0.00104 e. The first-order valence-corrected chi connectivity index (χ1v) is 5.54. The molecular formula is C11H23N. The molecule has 0 aliphatic heterocycles. The summed E-state index contributed by atoms with van der Waals surface area (Å²) in [6.45, 7) is 2.11. The number of nitrogens with two attached hydrogens (primary N) is 1. The van der Waals surface area contributed by atoms with Crippen LogP contribution >= 0.6 is 0 Å². The summed E-state index contributed by atoms with van der Waals surface area (Å²) in [6, 6.07) is 0.411. The Hall–Kier alpha value is -0.0400. The van der Waals surface area contributed by atoms with Crippen LogP contribution < -0.4 is 5.73 Å². The zero-order valence-electron chi connectivity index (χ0n) is 8.39. The van der Waals surface area contributed by atoms with E-state index >= 15 is 0 Å². The summed E-state index contributed by atoms with van der Waals surface area (Å²) in [4.78, 5) is 0. The molecule has 1 aliphatic carbocycles. The van der Waals surface area contributed by atoms with E-state index in [0.717, 1.165) is 5.92 Å². The lowest BCUT2D eigenvalue weighted by Crippen LogP contribution is -2.15. The molecule has 0 spiro atoms. The average molecular weight is 169 g/mol. The Labute approximate surface area is 76.7 Å². The van der Waals surface area contributed by atoms with E-state index in [9.17, 15) is 0 Å². The average Bonchev–Trinajstić information content (AvgIpc) is 2.05. The topological polar surface area (TPSA) is 26.0 Å². The molecule has 1 heteroatoms. The van der Waals surface area contributed by atoms with Gasteiger partial charge in [0, 0.05) is 6.04 Å². The molecule has 12 heavy (non-hydrogen) atoms.